The van der Waals surface area contributed by atoms with Crippen molar-refractivity contribution in [2.75, 3.05) is 6.61 Å². The van der Waals surface area contributed by atoms with E-state index >= 15 is 0 Å². The molecule has 0 aliphatic heterocycles. The van der Waals surface area contributed by atoms with E-state index < -0.39 is 13.4 Å². The lowest BCUT2D eigenvalue weighted by molar-refractivity contribution is 0.325. The number of hydrogen-bond acceptors (Lipinski definition) is 5. The Morgan fingerprint density at radius 3 is 1.42 bits per heavy atom. The standard InChI is InChI=1S/C8H12N2O.C3H8.C2H6.2H3O3PS/c1-4-11-8-5-6(2)9-7(3)10-8;1-3-2;1-2;2*1-4(2,3)5/h5H,4H2,1-3H3;3H2,1-2H3;1-2H3;2*(H3,1,2,3,5). The Kier molecular flexibility index (Phi) is 25.4. The summed E-state index contributed by atoms with van der Waals surface area (Å²) in [4.78, 5) is 53.6. The summed E-state index contributed by atoms with van der Waals surface area (Å²) in [5.41, 5.74) is 0.945. The lowest BCUT2D eigenvalue weighted by Crippen LogP contribution is -1.98. The van der Waals surface area contributed by atoms with Crippen molar-refractivity contribution >= 4 is 37.1 Å². The van der Waals surface area contributed by atoms with Crippen molar-refractivity contribution in [1.29, 1.82) is 0 Å². The van der Waals surface area contributed by atoms with Gasteiger partial charge in [0, 0.05) is 11.8 Å². The highest BCUT2D eigenvalue weighted by molar-refractivity contribution is 8.06. The van der Waals surface area contributed by atoms with Crippen LogP contribution in [0.5, 0.6) is 5.88 Å². The fraction of sp³-hybridized carbons (Fsp3) is 0.692. The molecular formula is C13H32N2O7P2S2. The third-order valence-electron chi connectivity index (χ3n) is 1.23. The summed E-state index contributed by atoms with van der Waals surface area (Å²) in [5, 5.41) is 0. The minimum absolute atomic E-state index is 0.649. The molecule has 0 unspecified atom stereocenters. The molecule has 0 radical (unpaired) electrons. The molecule has 0 aliphatic rings. The van der Waals surface area contributed by atoms with Crippen molar-refractivity contribution in [3.8, 4) is 5.88 Å². The maximum absolute atomic E-state index is 7.56. The van der Waals surface area contributed by atoms with Gasteiger partial charge in [-0.05, 0) is 44.4 Å². The summed E-state index contributed by atoms with van der Waals surface area (Å²) >= 11 is 7.21. The Balaban J connectivity index is -0.000000137. The lowest BCUT2D eigenvalue weighted by atomic mass is 10.4. The largest absolute Gasteiger partial charge is 0.478 e. The first-order chi connectivity index (χ1) is 11.6. The van der Waals surface area contributed by atoms with Gasteiger partial charge in [-0.15, -0.1) is 0 Å². The second-order valence-electron chi connectivity index (χ2n) is 4.06. The van der Waals surface area contributed by atoms with Gasteiger partial charge in [0.25, 0.3) is 0 Å². The first-order valence-electron chi connectivity index (χ1n) is 7.65. The van der Waals surface area contributed by atoms with Crippen LogP contribution in [0.2, 0.25) is 0 Å². The number of hydrogen-bond donors (Lipinski definition) is 6. The minimum atomic E-state index is -3.81. The van der Waals surface area contributed by atoms with E-state index in [2.05, 4.69) is 47.4 Å². The summed E-state index contributed by atoms with van der Waals surface area (Å²) in [6.07, 6.45) is 1.25. The van der Waals surface area contributed by atoms with E-state index in [9.17, 15) is 0 Å². The summed E-state index contributed by atoms with van der Waals surface area (Å²) in [6.45, 7) is 7.01. The van der Waals surface area contributed by atoms with Crippen LogP contribution in [0.1, 0.15) is 52.6 Å². The predicted molar refractivity (Wildman–Crippen MR) is 112 cm³/mol. The third kappa shape index (κ3) is 56.4. The second kappa shape index (κ2) is 19.7. The Labute approximate surface area is 166 Å². The summed E-state index contributed by atoms with van der Waals surface area (Å²) in [7, 11) is 0. The normalized spacial score (nSPS) is 9.58. The smallest absolute Gasteiger partial charge is 0.319 e. The van der Waals surface area contributed by atoms with E-state index in [4.69, 9.17) is 34.1 Å². The average Bonchev–Trinajstić information content (AvgIpc) is 2.37. The van der Waals surface area contributed by atoms with Crippen molar-refractivity contribution in [1.82, 2.24) is 9.97 Å². The van der Waals surface area contributed by atoms with Gasteiger partial charge in [-0.3, -0.25) is 0 Å². The van der Waals surface area contributed by atoms with Gasteiger partial charge in [0.1, 0.15) is 5.82 Å². The molecule has 0 fully saturated rings. The van der Waals surface area contributed by atoms with Crippen LogP contribution < -0.4 is 4.74 Å². The molecular weight excluding hydrogens is 422 g/mol. The molecule has 1 rings (SSSR count). The van der Waals surface area contributed by atoms with Crippen LogP contribution >= 0.6 is 13.4 Å². The number of nitrogens with zero attached hydrogens (tertiary/aromatic N) is 2. The van der Waals surface area contributed by atoms with Gasteiger partial charge >= 0.3 is 13.4 Å². The molecule has 6 N–H and O–H groups in total. The maximum atomic E-state index is 7.56. The Morgan fingerprint density at radius 2 is 1.19 bits per heavy atom. The molecule has 0 amide bonds. The molecule has 1 heterocycles. The highest BCUT2D eigenvalue weighted by atomic mass is 32.5. The Bertz CT molecular complexity index is 482. The molecule has 0 aromatic carbocycles. The monoisotopic (exact) mass is 454 g/mol. The number of aryl methyl sites for hydroxylation is 2. The zero-order chi connectivity index (χ0) is 22.0. The molecule has 0 saturated carbocycles. The summed E-state index contributed by atoms with van der Waals surface area (Å²) in [6, 6.07) is 1.83. The first kappa shape index (κ1) is 33.5. The van der Waals surface area contributed by atoms with Crippen LogP contribution in [0.15, 0.2) is 6.07 Å². The van der Waals surface area contributed by atoms with Crippen LogP contribution in [-0.2, 0) is 23.6 Å². The van der Waals surface area contributed by atoms with Crippen LogP contribution in [0.25, 0.3) is 0 Å². The Morgan fingerprint density at radius 1 is 0.885 bits per heavy atom. The van der Waals surface area contributed by atoms with E-state index in [0.717, 1.165) is 11.5 Å². The zero-order valence-corrected chi connectivity index (χ0v) is 19.6. The lowest BCUT2D eigenvalue weighted by Gasteiger charge is -2.02. The minimum Gasteiger partial charge on any atom is -0.478 e. The van der Waals surface area contributed by atoms with Crippen molar-refractivity contribution < 1.29 is 34.1 Å². The van der Waals surface area contributed by atoms with E-state index in [-0.39, 0.29) is 0 Å². The van der Waals surface area contributed by atoms with E-state index in [0.29, 0.717) is 12.5 Å². The molecule has 0 bridgehead atoms. The van der Waals surface area contributed by atoms with Crippen molar-refractivity contribution in [3.63, 3.8) is 0 Å². The Hall–Kier alpha value is -0.0600. The van der Waals surface area contributed by atoms with Gasteiger partial charge in [0.15, 0.2) is 0 Å². The quantitative estimate of drug-likeness (QED) is 0.364. The van der Waals surface area contributed by atoms with Gasteiger partial charge < -0.3 is 34.1 Å². The summed E-state index contributed by atoms with van der Waals surface area (Å²) < 4.78 is 5.22. The van der Waals surface area contributed by atoms with E-state index in [1.807, 2.05) is 40.7 Å². The van der Waals surface area contributed by atoms with E-state index in [1.54, 1.807) is 0 Å². The third-order valence-corrected chi connectivity index (χ3v) is 1.23. The zero-order valence-electron chi connectivity index (χ0n) is 16.2. The van der Waals surface area contributed by atoms with Crippen LogP contribution in [0, 0.1) is 13.8 Å². The van der Waals surface area contributed by atoms with Crippen LogP contribution in [0.3, 0.4) is 0 Å². The molecule has 1 aromatic rings. The topological polar surface area (TPSA) is 156 Å². The van der Waals surface area contributed by atoms with Gasteiger partial charge in [-0.2, -0.15) is 4.98 Å². The maximum Gasteiger partial charge on any atom is 0.319 e. The fourth-order valence-electron chi connectivity index (χ4n) is 0.905. The van der Waals surface area contributed by atoms with Gasteiger partial charge in [0.05, 0.1) is 6.61 Å². The number of ether oxygens (including phenoxy) is 1. The molecule has 13 heteroatoms. The average molecular weight is 454 g/mol. The first-order valence-corrected chi connectivity index (χ1v) is 13.0. The molecule has 0 aliphatic carbocycles. The molecule has 0 atom stereocenters. The molecule has 9 nitrogen and oxygen atoms in total. The van der Waals surface area contributed by atoms with Gasteiger partial charge in [-0.25, -0.2) is 4.98 Å². The number of rotatable bonds is 2. The fourth-order valence-corrected chi connectivity index (χ4v) is 0.905. The summed E-state index contributed by atoms with van der Waals surface area (Å²) in [5.74, 6) is 1.42. The van der Waals surface area contributed by atoms with Gasteiger partial charge in [-0.1, -0.05) is 34.1 Å². The molecule has 1 aromatic heterocycles. The molecule has 158 valence electrons. The SMILES string of the molecule is CC.CCC.CCOc1cc(C)nc(C)n1.OP(O)(O)=S.OP(O)(O)=S. The van der Waals surface area contributed by atoms with Crippen LogP contribution in [-0.4, -0.2) is 45.9 Å². The highest BCUT2D eigenvalue weighted by Gasteiger charge is 1.97. The highest BCUT2D eigenvalue weighted by Crippen LogP contribution is 2.26. The molecule has 0 spiro atoms. The van der Waals surface area contributed by atoms with Crippen LogP contribution in [0.4, 0.5) is 0 Å². The van der Waals surface area contributed by atoms with Crippen molar-refractivity contribution in [3.05, 3.63) is 17.6 Å². The second-order valence-corrected chi connectivity index (χ2v) is 9.05. The van der Waals surface area contributed by atoms with Gasteiger partial charge in [0.2, 0.25) is 5.88 Å². The predicted octanol–water partition coefficient (Wildman–Crippen LogP) is 2.31. The molecule has 26 heavy (non-hydrogen) atoms. The number of aromatic nitrogens is 2. The van der Waals surface area contributed by atoms with Crippen molar-refractivity contribution in [2.24, 2.45) is 0 Å². The molecule has 0 saturated heterocycles. The van der Waals surface area contributed by atoms with E-state index in [1.165, 1.54) is 6.42 Å². The van der Waals surface area contributed by atoms with Crippen molar-refractivity contribution in [2.45, 2.75) is 54.9 Å².